The highest BCUT2D eigenvalue weighted by Crippen LogP contribution is 2.28. The van der Waals surface area contributed by atoms with E-state index >= 15 is 0 Å². The molecule has 0 unspecified atom stereocenters. The minimum absolute atomic E-state index is 0.0942. The van der Waals surface area contributed by atoms with Crippen molar-refractivity contribution in [2.75, 3.05) is 5.32 Å². The van der Waals surface area contributed by atoms with Crippen molar-refractivity contribution in [1.82, 2.24) is 4.98 Å². The van der Waals surface area contributed by atoms with E-state index < -0.39 is 10.8 Å². The molecule has 144 valence electrons. The van der Waals surface area contributed by atoms with E-state index in [4.69, 9.17) is 4.42 Å². The Morgan fingerprint density at radius 2 is 1.97 bits per heavy atom. The maximum absolute atomic E-state index is 12.5. The minimum atomic E-state index is -0.503. The average molecular weight is 452 g/mol. The molecule has 4 rings (SSSR count). The molecule has 29 heavy (non-hydrogen) atoms. The van der Waals surface area contributed by atoms with Gasteiger partial charge in [-0.1, -0.05) is 28.1 Å². The highest BCUT2D eigenvalue weighted by atomic mass is 79.9. The smallest absolute Gasteiger partial charge is 0.273 e. The fourth-order valence-electron chi connectivity index (χ4n) is 2.90. The zero-order chi connectivity index (χ0) is 20.5. The summed E-state index contributed by atoms with van der Waals surface area (Å²) >= 11 is 3.42. The Morgan fingerprint density at radius 3 is 2.72 bits per heavy atom. The second kappa shape index (κ2) is 7.48. The van der Waals surface area contributed by atoms with Crippen molar-refractivity contribution >= 4 is 44.3 Å². The molecule has 0 saturated heterocycles. The molecule has 0 bridgehead atoms. The van der Waals surface area contributed by atoms with E-state index in [0.717, 1.165) is 10.0 Å². The summed E-state index contributed by atoms with van der Waals surface area (Å²) in [5, 5.41) is 13.8. The maximum atomic E-state index is 12.5. The number of carbonyl (C=O) groups is 1. The Balaban J connectivity index is 1.61. The number of halogens is 1. The van der Waals surface area contributed by atoms with Gasteiger partial charge in [0.05, 0.1) is 4.92 Å². The number of nitrogens with zero attached hydrogens (tertiary/aromatic N) is 2. The number of carbonyl (C=O) groups excluding carboxylic acids is 1. The zero-order valence-corrected chi connectivity index (χ0v) is 16.8. The molecule has 0 aliphatic rings. The Hall–Kier alpha value is -3.52. The molecule has 1 N–H and O–H groups in total. The quantitative estimate of drug-likeness (QED) is 0.315. The first-order valence-corrected chi connectivity index (χ1v) is 9.43. The number of aryl methyl sites for hydroxylation is 1. The summed E-state index contributed by atoms with van der Waals surface area (Å²) in [6, 6.07) is 17.1. The van der Waals surface area contributed by atoms with Crippen LogP contribution >= 0.6 is 15.9 Å². The van der Waals surface area contributed by atoms with Crippen molar-refractivity contribution in [3.05, 3.63) is 86.4 Å². The summed E-state index contributed by atoms with van der Waals surface area (Å²) in [5.41, 5.74) is 3.13. The van der Waals surface area contributed by atoms with Crippen LogP contribution < -0.4 is 5.32 Å². The van der Waals surface area contributed by atoms with Gasteiger partial charge < -0.3 is 9.73 Å². The third kappa shape index (κ3) is 3.88. The second-order valence-corrected chi connectivity index (χ2v) is 7.34. The number of nitro benzene ring substituents is 1. The predicted molar refractivity (Wildman–Crippen MR) is 113 cm³/mol. The molecule has 0 spiro atoms. The second-order valence-electron chi connectivity index (χ2n) is 6.42. The molecule has 0 saturated carbocycles. The monoisotopic (exact) mass is 451 g/mol. The Bertz CT molecular complexity index is 1270. The number of oxazole rings is 1. The number of nitrogens with one attached hydrogen (secondary N) is 1. The van der Waals surface area contributed by atoms with E-state index in [0.29, 0.717) is 28.2 Å². The molecule has 4 aromatic rings. The summed E-state index contributed by atoms with van der Waals surface area (Å²) in [6.07, 6.45) is 0. The molecule has 7 nitrogen and oxygen atoms in total. The third-order valence-corrected chi connectivity index (χ3v) is 4.88. The molecule has 0 radical (unpaired) electrons. The summed E-state index contributed by atoms with van der Waals surface area (Å²) in [7, 11) is 0. The number of rotatable bonds is 4. The van der Waals surface area contributed by atoms with Crippen molar-refractivity contribution in [3.8, 4) is 11.5 Å². The lowest BCUT2D eigenvalue weighted by Crippen LogP contribution is -2.12. The van der Waals surface area contributed by atoms with E-state index in [9.17, 15) is 14.9 Å². The lowest BCUT2D eigenvalue weighted by Gasteiger charge is -2.06. The van der Waals surface area contributed by atoms with Crippen molar-refractivity contribution in [3.63, 3.8) is 0 Å². The standard InChI is InChI=1S/C21H14BrN3O4/c1-12-5-6-13(10-18(12)25(27)28)20(26)23-16-7-8-19-17(11-16)24-21(29-19)14-3-2-4-15(22)9-14/h2-11H,1H3,(H,23,26). The first-order valence-electron chi connectivity index (χ1n) is 8.63. The molecular formula is C21H14BrN3O4. The van der Waals surface area contributed by atoms with Gasteiger partial charge in [0.25, 0.3) is 11.6 Å². The van der Waals surface area contributed by atoms with Crippen molar-refractivity contribution in [2.24, 2.45) is 0 Å². The molecule has 0 aliphatic carbocycles. The number of hydrogen-bond acceptors (Lipinski definition) is 5. The van der Waals surface area contributed by atoms with Gasteiger partial charge in [0.2, 0.25) is 5.89 Å². The molecule has 1 aromatic heterocycles. The number of benzene rings is 3. The molecule has 0 fully saturated rings. The maximum Gasteiger partial charge on any atom is 0.273 e. The average Bonchev–Trinajstić information content (AvgIpc) is 3.11. The van der Waals surface area contributed by atoms with Crippen LogP contribution in [0, 0.1) is 17.0 Å². The highest BCUT2D eigenvalue weighted by Gasteiger charge is 2.16. The summed E-state index contributed by atoms with van der Waals surface area (Å²) in [4.78, 5) is 27.6. The topological polar surface area (TPSA) is 98.3 Å². The third-order valence-electron chi connectivity index (χ3n) is 4.39. The van der Waals surface area contributed by atoms with E-state index in [-0.39, 0.29) is 11.3 Å². The van der Waals surface area contributed by atoms with E-state index in [1.54, 1.807) is 37.3 Å². The van der Waals surface area contributed by atoms with Gasteiger partial charge in [0.1, 0.15) is 5.52 Å². The number of fused-ring (bicyclic) bond motifs is 1. The fourth-order valence-corrected chi connectivity index (χ4v) is 3.30. The molecule has 0 atom stereocenters. The number of aromatic nitrogens is 1. The number of anilines is 1. The van der Waals surface area contributed by atoms with Crippen molar-refractivity contribution in [2.45, 2.75) is 6.92 Å². The van der Waals surface area contributed by atoms with Gasteiger partial charge in [-0.2, -0.15) is 0 Å². The van der Waals surface area contributed by atoms with Gasteiger partial charge in [0.15, 0.2) is 5.58 Å². The van der Waals surface area contributed by atoms with E-state index in [1.165, 1.54) is 6.07 Å². The summed E-state index contributed by atoms with van der Waals surface area (Å²) in [6.45, 7) is 1.63. The van der Waals surface area contributed by atoms with Gasteiger partial charge >= 0.3 is 0 Å². The van der Waals surface area contributed by atoms with Crippen LogP contribution in [0.5, 0.6) is 0 Å². The normalized spacial score (nSPS) is 10.8. The van der Waals surface area contributed by atoms with Crippen molar-refractivity contribution in [1.29, 1.82) is 0 Å². The molecule has 0 aliphatic heterocycles. The number of amides is 1. The van der Waals surface area contributed by atoms with Gasteiger partial charge in [-0.05, 0) is 49.4 Å². The lowest BCUT2D eigenvalue weighted by molar-refractivity contribution is -0.385. The zero-order valence-electron chi connectivity index (χ0n) is 15.2. The van der Waals surface area contributed by atoms with Gasteiger partial charge in [0, 0.05) is 32.9 Å². The van der Waals surface area contributed by atoms with Crippen LogP contribution in [0.25, 0.3) is 22.6 Å². The lowest BCUT2D eigenvalue weighted by atomic mass is 10.1. The minimum Gasteiger partial charge on any atom is -0.436 e. The highest BCUT2D eigenvalue weighted by molar-refractivity contribution is 9.10. The fraction of sp³-hybridized carbons (Fsp3) is 0.0476. The Kier molecular flexibility index (Phi) is 4.85. The summed E-state index contributed by atoms with van der Waals surface area (Å²) < 4.78 is 6.70. The van der Waals surface area contributed by atoms with Crippen LogP contribution in [0.3, 0.4) is 0 Å². The first kappa shape index (κ1) is 18.8. The largest absolute Gasteiger partial charge is 0.436 e. The van der Waals surface area contributed by atoms with Gasteiger partial charge in [-0.25, -0.2) is 4.98 Å². The number of hydrogen-bond donors (Lipinski definition) is 1. The van der Waals surface area contributed by atoms with E-state index in [1.807, 2.05) is 24.3 Å². The molecular weight excluding hydrogens is 438 g/mol. The molecule has 3 aromatic carbocycles. The predicted octanol–water partition coefficient (Wildman–Crippen LogP) is 5.73. The summed E-state index contributed by atoms with van der Waals surface area (Å²) in [5.74, 6) is 0.0297. The number of nitro groups is 1. The van der Waals surface area contributed by atoms with Crippen LogP contribution in [0.2, 0.25) is 0 Å². The van der Waals surface area contributed by atoms with Crippen LogP contribution in [0.1, 0.15) is 15.9 Å². The molecule has 8 heteroatoms. The van der Waals surface area contributed by atoms with Crippen LogP contribution in [0.15, 0.2) is 69.6 Å². The van der Waals surface area contributed by atoms with Crippen molar-refractivity contribution < 1.29 is 14.1 Å². The van der Waals surface area contributed by atoms with Crippen LogP contribution in [-0.2, 0) is 0 Å². The van der Waals surface area contributed by atoms with Crippen LogP contribution in [-0.4, -0.2) is 15.8 Å². The SMILES string of the molecule is Cc1ccc(C(=O)Nc2ccc3oc(-c4cccc(Br)c4)nc3c2)cc1[N+](=O)[O-]. The molecule has 1 amide bonds. The van der Waals surface area contributed by atoms with Gasteiger partial charge in [-0.3, -0.25) is 14.9 Å². The Morgan fingerprint density at radius 1 is 1.14 bits per heavy atom. The molecule has 1 heterocycles. The van der Waals surface area contributed by atoms with Crippen LogP contribution in [0.4, 0.5) is 11.4 Å². The first-order chi connectivity index (χ1) is 13.9. The Labute approximate surface area is 173 Å². The van der Waals surface area contributed by atoms with Gasteiger partial charge in [-0.15, -0.1) is 0 Å². The van der Waals surface area contributed by atoms with E-state index in [2.05, 4.69) is 26.2 Å².